The topological polar surface area (TPSA) is 77.1 Å². The van der Waals surface area contributed by atoms with E-state index in [4.69, 9.17) is 14.2 Å². The molecule has 0 fully saturated rings. The van der Waals surface area contributed by atoms with E-state index in [1.165, 1.54) is 0 Å². The van der Waals surface area contributed by atoms with Crippen LogP contribution in [0.15, 0.2) is 103 Å². The lowest BCUT2D eigenvalue weighted by molar-refractivity contribution is -0.141. The third-order valence-corrected chi connectivity index (χ3v) is 7.14. The Morgan fingerprint density at radius 2 is 1.33 bits per heavy atom. The average molecular weight is 567 g/mol. The molecular weight excluding hydrogens is 528 g/mol. The highest BCUT2D eigenvalue weighted by molar-refractivity contribution is 5.89. The molecule has 1 N–H and O–H groups in total. The Kier molecular flexibility index (Phi) is 11.0. The molecule has 4 rings (SSSR count). The molecule has 2 amide bonds. The largest absolute Gasteiger partial charge is 0.497 e. The molecule has 0 aliphatic heterocycles. The Labute approximate surface area is 248 Å². The second kappa shape index (κ2) is 15.3. The number of hydrogen-bond donors (Lipinski definition) is 1. The van der Waals surface area contributed by atoms with Gasteiger partial charge in [0.1, 0.15) is 11.8 Å². The van der Waals surface area contributed by atoms with Crippen molar-refractivity contribution in [2.45, 2.75) is 31.8 Å². The maximum Gasteiger partial charge on any atom is 0.247 e. The van der Waals surface area contributed by atoms with Gasteiger partial charge in [-0.1, -0.05) is 78.9 Å². The molecule has 0 spiro atoms. The van der Waals surface area contributed by atoms with Gasteiger partial charge in [-0.25, -0.2) is 0 Å². The zero-order valence-electron chi connectivity index (χ0n) is 24.4. The van der Waals surface area contributed by atoms with Crippen LogP contribution in [0.1, 0.15) is 34.7 Å². The summed E-state index contributed by atoms with van der Waals surface area (Å²) in [6.07, 6.45) is 1.46. The van der Waals surface area contributed by atoms with Gasteiger partial charge >= 0.3 is 0 Å². The van der Waals surface area contributed by atoms with Gasteiger partial charge in [0.05, 0.1) is 21.3 Å². The number of nitrogens with zero attached hydrogens (tertiary/aromatic N) is 1. The van der Waals surface area contributed by atoms with Crippen LogP contribution in [0.3, 0.4) is 0 Å². The number of hydrogen-bond acceptors (Lipinski definition) is 5. The summed E-state index contributed by atoms with van der Waals surface area (Å²) in [7, 11) is 4.81. The molecule has 7 heteroatoms. The summed E-state index contributed by atoms with van der Waals surface area (Å²) in [5, 5.41) is 3.08. The lowest BCUT2D eigenvalue weighted by Crippen LogP contribution is -2.44. The van der Waals surface area contributed by atoms with Crippen LogP contribution >= 0.6 is 0 Å². The molecule has 4 aromatic rings. The van der Waals surface area contributed by atoms with Gasteiger partial charge in [0.25, 0.3) is 0 Å². The van der Waals surface area contributed by atoms with Crippen LogP contribution in [0.2, 0.25) is 0 Å². The van der Waals surface area contributed by atoms with Gasteiger partial charge in [0, 0.05) is 19.5 Å². The van der Waals surface area contributed by atoms with Crippen molar-refractivity contribution in [3.8, 4) is 17.2 Å². The highest BCUT2D eigenvalue weighted by Crippen LogP contribution is 2.28. The number of rotatable bonds is 14. The van der Waals surface area contributed by atoms with E-state index in [1.54, 1.807) is 26.2 Å². The smallest absolute Gasteiger partial charge is 0.247 e. The number of nitrogens with one attached hydrogen (secondary N) is 1. The highest BCUT2D eigenvalue weighted by atomic mass is 16.5. The summed E-state index contributed by atoms with van der Waals surface area (Å²) in [6, 6.07) is 31.9. The van der Waals surface area contributed by atoms with Crippen molar-refractivity contribution in [3.05, 3.63) is 125 Å². The van der Waals surface area contributed by atoms with Crippen LogP contribution in [0.5, 0.6) is 17.2 Å². The summed E-state index contributed by atoms with van der Waals surface area (Å²) in [5.74, 6) is 1.69. The molecule has 4 aromatic carbocycles. The van der Waals surface area contributed by atoms with Gasteiger partial charge in [-0.15, -0.1) is 0 Å². The SMILES string of the molecule is COc1ccc(CN(C(=O)CCc2ccccc2)[C@H](C(=O)NCCc2ccc(OC)c(OC)c2)c2ccccc2)cc1. The molecule has 0 aliphatic carbocycles. The molecule has 7 nitrogen and oxygen atoms in total. The first-order valence-corrected chi connectivity index (χ1v) is 14.0. The maximum absolute atomic E-state index is 13.9. The third kappa shape index (κ3) is 8.13. The van der Waals surface area contributed by atoms with Crippen LogP contribution in [0, 0.1) is 0 Å². The van der Waals surface area contributed by atoms with E-state index < -0.39 is 6.04 Å². The number of methoxy groups -OCH3 is 3. The quantitative estimate of drug-likeness (QED) is 0.210. The van der Waals surface area contributed by atoms with Crippen LogP contribution in [-0.2, 0) is 29.0 Å². The fraction of sp³-hybridized carbons (Fsp3) is 0.257. The van der Waals surface area contributed by atoms with Crippen molar-refractivity contribution in [2.75, 3.05) is 27.9 Å². The van der Waals surface area contributed by atoms with Crippen LogP contribution < -0.4 is 19.5 Å². The molecule has 0 heterocycles. The summed E-state index contributed by atoms with van der Waals surface area (Å²) >= 11 is 0. The van der Waals surface area contributed by atoms with Crippen molar-refractivity contribution in [3.63, 3.8) is 0 Å². The Bertz CT molecular complexity index is 1430. The maximum atomic E-state index is 13.9. The first-order chi connectivity index (χ1) is 20.5. The Balaban J connectivity index is 1.57. The van der Waals surface area contributed by atoms with Crippen molar-refractivity contribution in [1.29, 1.82) is 0 Å². The lowest BCUT2D eigenvalue weighted by Gasteiger charge is -2.32. The second-order valence-corrected chi connectivity index (χ2v) is 9.90. The summed E-state index contributed by atoms with van der Waals surface area (Å²) in [4.78, 5) is 29.5. The molecule has 0 aromatic heterocycles. The van der Waals surface area contributed by atoms with Gasteiger partial charge in [0.2, 0.25) is 11.8 Å². The van der Waals surface area contributed by atoms with Crippen molar-refractivity contribution in [2.24, 2.45) is 0 Å². The Morgan fingerprint density at radius 3 is 1.98 bits per heavy atom. The van der Waals surface area contributed by atoms with Crippen molar-refractivity contribution >= 4 is 11.8 Å². The summed E-state index contributed by atoms with van der Waals surface area (Å²) < 4.78 is 16.1. The van der Waals surface area contributed by atoms with Gasteiger partial charge in [-0.3, -0.25) is 9.59 Å². The fourth-order valence-electron chi connectivity index (χ4n) is 4.86. The molecule has 0 unspecified atom stereocenters. The number of benzene rings is 4. The predicted octanol–water partition coefficient (Wildman–Crippen LogP) is 5.77. The van der Waals surface area contributed by atoms with Gasteiger partial charge in [-0.05, 0) is 59.4 Å². The molecule has 42 heavy (non-hydrogen) atoms. The lowest BCUT2D eigenvalue weighted by atomic mass is 10.0. The van der Waals surface area contributed by atoms with Crippen LogP contribution in [-0.4, -0.2) is 44.6 Å². The predicted molar refractivity (Wildman–Crippen MR) is 164 cm³/mol. The minimum absolute atomic E-state index is 0.0986. The molecular formula is C35H38N2O5. The molecule has 1 atom stereocenters. The van der Waals surface area contributed by atoms with E-state index >= 15 is 0 Å². The van der Waals surface area contributed by atoms with Gasteiger partial charge in [0.15, 0.2) is 11.5 Å². The van der Waals surface area contributed by atoms with E-state index in [0.29, 0.717) is 30.9 Å². The van der Waals surface area contributed by atoms with Crippen LogP contribution in [0.4, 0.5) is 0 Å². The second-order valence-electron chi connectivity index (χ2n) is 9.90. The van der Waals surface area contributed by atoms with Crippen molar-refractivity contribution < 1.29 is 23.8 Å². The monoisotopic (exact) mass is 566 g/mol. The standard InChI is InChI=1S/C35H38N2O5/c1-40-30-18-14-28(15-19-30)25-37(33(38)21-17-26-10-6-4-7-11-26)34(29-12-8-5-9-13-29)35(39)36-23-22-27-16-20-31(41-2)32(24-27)42-3/h4-16,18-20,24,34H,17,21-23,25H2,1-3H3,(H,36,39)/t34-/m0/s1. The first-order valence-electron chi connectivity index (χ1n) is 14.0. The first kappa shape index (κ1) is 30.2. The fourth-order valence-corrected chi connectivity index (χ4v) is 4.86. The van der Waals surface area contributed by atoms with E-state index in [9.17, 15) is 9.59 Å². The zero-order chi connectivity index (χ0) is 29.7. The molecule has 0 bridgehead atoms. The minimum atomic E-state index is -0.804. The average Bonchev–Trinajstić information content (AvgIpc) is 3.04. The minimum Gasteiger partial charge on any atom is -0.497 e. The number of amides is 2. The number of carbonyl (C=O) groups excluding carboxylic acids is 2. The summed E-state index contributed by atoms with van der Waals surface area (Å²) in [5.41, 5.74) is 3.73. The number of carbonyl (C=O) groups is 2. The molecule has 0 radical (unpaired) electrons. The highest BCUT2D eigenvalue weighted by Gasteiger charge is 2.31. The Morgan fingerprint density at radius 1 is 0.690 bits per heavy atom. The molecule has 0 saturated carbocycles. The summed E-state index contributed by atoms with van der Waals surface area (Å²) in [6.45, 7) is 0.673. The normalized spacial score (nSPS) is 11.3. The van der Waals surface area contributed by atoms with Crippen LogP contribution in [0.25, 0.3) is 0 Å². The van der Waals surface area contributed by atoms with Gasteiger partial charge < -0.3 is 24.4 Å². The van der Waals surface area contributed by atoms with E-state index in [-0.39, 0.29) is 24.8 Å². The molecule has 218 valence electrons. The molecule has 0 saturated heterocycles. The molecule has 0 aliphatic rings. The van der Waals surface area contributed by atoms with E-state index in [2.05, 4.69) is 5.32 Å². The van der Waals surface area contributed by atoms with Gasteiger partial charge in [-0.2, -0.15) is 0 Å². The Hall–Kier alpha value is -4.78. The van der Waals surface area contributed by atoms with E-state index in [0.717, 1.165) is 28.0 Å². The third-order valence-electron chi connectivity index (χ3n) is 7.14. The van der Waals surface area contributed by atoms with E-state index in [1.807, 2.05) is 103 Å². The number of ether oxygens (including phenoxy) is 3. The van der Waals surface area contributed by atoms with Crippen molar-refractivity contribution in [1.82, 2.24) is 10.2 Å². The number of aryl methyl sites for hydroxylation is 1. The zero-order valence-corrected chi connectivity index (χ0v) is 24.4.